The van der Waals surface area contributed by atoms with Crippen molar-refractivity contribution in [3.8, 4) is 0 Å². The van der Waals surface area contributed by atoms with Gasteiger partial charge in [-0.15, -0.1) is 0 Å². The Balaban J connectivity index is 1.22. The minimum Gasteiger partial charge on any atom is -0.294 e. The molecule has 2 fully saturated rings. The van der Waals surface area contributed by atoms with Crippen molar-refractivity contribution in [3.05, 3.63) is 105 Å². The molecule has 3 aromatic carbocycles. The van der Waals surface area contributed by atoms with Gasteiger partial charge in [-0.1, -0.05) is 52.3 Å². The molecule has 0 unspecified atom stereocenters. The van der Waals surface area contributed by atoms with Crippen molar-refractivity contribution in [1.82, 2.24) is 0 Å². The molecule has 5 rings (SSSR count). The molecule has 0 bridgehead atoms. The van der Waals surface area contributed by atoms with Crippen LogP contribution in [0, 0.1) is 17.7 Å². The van der Waals surface area contributed by atoms with Crippen molar-refractivity contribution in [2.45, 2.75) is 24.7 Å². The standard InChI is InChI=1S/C26H20BrFO2/c27-19-9-5-17(6-10-19)25(29)23-13-21(23)15-1-3-16(4-2-15)22-14-24(22)26(30)18-7-11-20(28)12-8-18/h1-12,21-24H,13-14H2/t21-,22+,23-,24-/m0/s1. The van der Waals surface area contributed by atoms with E-state index in [0.717, 1.165) is 28.4 Å². The van der Waals surface area contributed by atoms with Crippen LogP contribution in [0.4, 0.5) is 4.39 Å². The third-order valence-electron chi connectivity index (χ3n) is 6.30. The van der Waals surface area contributed by atoms with Gasteiger partial charge in [0.25, 0.3) is 0 Å². The molecule has 0 aromatic heterocycles. The maximum Gasteiger partial charge on any atom is 0.166 e. The van der Waals surface area contributed by atoms with Crippen LogP contribution in [0.2, 0.25) is 0 Å². The number of rotatable bonds is 6. The second kappa shape index (κ2) is 7.59. The summed E-state index contributed by atoms with van der Waals surface area (Å²) >= 11 is 3.40. The lowest BCUT2D eigenvalue weighted by Crippen LogP contribution is -2.03. The zero-order chi connectivity index (χ0) is 20.8. The van der Waals surface area contributed by atoms with E-state index in [1.807, 2.05) is 24.3 Å². The van der Waals surface area contributed by atoms with Gasteiger partial charge in [0.15, 0.2) is 11.6 Å². The Kier molecular flexibility index (Phi) is 4.90. The molecule has 2 aliphatic carbocycles. The minimum absolute atomic E-state index is 0.0195. The number of Topliss-reactive ketones (excluding diaryl/α,β-unsaturated/α-hetero) is 2. The molecule has 30 heavy (non-hydrogen) atoms. The fourth-order valence-electron chi connectivity index (χ4n) is 4.35. The van der Waals surface area contributed by atoms with Crippen molar-refractivity contribution in [3.63, 3.8) is 0 Å². The Bertz CT molecular complexity index is 1010. The van der Waals surface area contributed by atoms with E-state index >= 15 is 0 Å². The molecule has 0 spiro atoms. The van der Waals surface area contributed by atoms with E-state index in [2.05, 4.69) is 40.2 Å². The van der Waals surface area contributed by atoms with E-state index in [9.17, 15) is 14.0 Å². The molecule has 0 heterocycles. The monoisotopic (exact) mass is 462 g/mol. The molecular formula is C26H20BrFO2. The zero-order valence-corrected chi connectivity index (χ0v) is 17.8. The third kappa shape index (κ3) is 3.77. The molecular weight excluding hydrogens is 443 g/mol. The maximum absolute atomic E-state index is 13.1. The van der Waals surface area contributed by atoms with Crippen molar-refractivity contribution in [1.29, 1.82) is 0 Å². The quantitative estimate of drug-likeness (QED) is 0.388. The zero-order valence-electron chi connectivity index (χ0n) is 16.2. The first-order valence-corrected chi connectivity index (χ1v) is 11.0. The van der Waals surface area contributed by atoms with Gasteiger partial charge in [-0.25, -0.2) is 4.39 Å². The van der Waals surface area contributed by atoms with E-state index in [-0.39, 0.29) is 41.1 Å². The lowest BCUT2D eigenvalue weighted by Gasteiger charge is -2.05. The van der Waals surface area contributed by atoms with E-state index in [1.165, 1.54) is 17.7 Å². The Morgan fingerprint density at radius 1 is 0.667 bits per heavy atom. The summed E-state index contributed by atoms with van der Waals surface area (Å²) in [5.74, 6) is 0.531. The van der Waals surface area contributed by atoms with Gasteiger partial charge in [0.1, 0.15) is 5.82 Å². The summed E-state index contributed by atoms with van der Waals surface area (Å²) in [5.41, 5.74) is 3.70. The predicted octanol–water partition coefficient (Wildman–Crippen LogP) is 6.56. The molecule has 0 radical (unpaired) electrons. The molecule has 3 aromatic rings. The first kappa shape index (κ1) is 19.4. The largest absolute Gasteiger partial charge is 0.294 e. The molecule has 2 aliphatic rings. The number of carbonyl (C=O) groups excluding carboxylic acids is 2. The van der Waals surface area contributed by atoms with Gasteiger partial charge in [0, 0.05) is 27.4 Å². The van der Waals surface area contributed by atoms with Gasteiger partial charge in [-0.3, -0.25) is 9.59 Å². The van der Waals surface area contributed by atoms with Crippen LogP contribution in [0.15, 0.2) is 77.3 Å². The van der Waals surface area contributed by atoms with E-state index < -0.39 is 0 Å². The van der Waals surface area contributed by atoms with Crippen LogP contribution < -0.4 is 0 Å². The molecule has 2 nitrogen and oxygen atoms in total. The van der Waals surface area contributed by atoms with Crippen LogP contribution in [0.3, 0.4) is 0 Å². The first-order chi connectivity index (χ1) is 14.5. The lowest BCUT2D eigenvalue weighted by molar-refractivity contribution is 0.0957. The summed E-state index contributed by atoms with van der Waals surface area (Å²) < 4.78 is 14.0. The SMILES string of the molecule is O=C(c1ccc(F)cc1)[C@H]1C[C@@H]1c1ccc([C@@H]2C[C@@H]2C(=O)c2ccc(Br)cc2)cc1. The topological polar surface area (TPSA) is 34.1 Å². The number of halogens is 2. The second-order valence-corrected chi connectivity index (χ2v) is 9.22. The number of benzene rings is 3. The Labute approximate surface area is 183 Å². The van der Waals surface area contributed by atoms with Crippen LogP contribution in [0.5, 0.6) is 0 Å². The number of hydrogen-bond acceptors (Lipinski definition) is 2. The Morgan fingerprint density at radius 2 is 1.07 bits per heavy atom. The van der Waals surface area contributed by atoms with Crippen LogP contribution in [0.25, 0.3) is 0 Å². The summed E-state index contributed by atoms with van der Waals surface area (Å²) in [6, 6.07) is 21.7. The van der Waals surface area contributed by atoms with Crippen LogP contribution in [0.1, 0.15) is 56.5 Å². The van der Waals surface area contributed by atoms with Crippen LogP contribution in [-0.2, 0) is 0 Å². The van der Waals surface area contributed by atoms with Gasteiger partial charge >= 0.3 is 0 Å². The van der Waals surface area contributed by atoms with Crippen molar-refractivity contribution >= 4 is 27.5 Å². The normalized spacial score (nSPS) is 24.3. The highest BCUT2D eigenvalue weighted by Crippen LogP contribution is 2.52. The summed E-state index contributed by atoms with van der Waals surface area (Å²) in [6.45, 7) is 0. The minimum atomic E-state index is -0.327. The highest BCUT2D eigenvalue weighted by atomic mass is 79.9. The molecule has 0 N–H and O–H groups in total. The summed E-state index contributed by atoms with van der Waals surface area (Å²) in [6.07, 6.45) is 1.73. The third-order valence-corrected chi connectivity index (χ3v) is 6.83. The molecule has 0 amide bonds. The van der Waals surface area contributed by atoms with Gasteiger partial charge in [0.2, 0.25) is 0 Å². The number of hydrogen-bond donors (Lipinski definition) is 0. The molecule has 4 heteroatoms. The van der Waals surface area contributed by atoms with Crippen molar-refractivity contribution in [2.24, 2.45) is 11.8 Å². The van der Waals surface area contributed by atoms with Crippen molar-refractivity contribution < 1.29 is 14.0 Å². The Hall–Kier alpha value is -2.59. The highest BCUT2D eigenvalue weighted by Gasteiger charge is 2.46. The fraction of sp³-hybridized carbons (Fsp3) is 0.231. The molecule has 150 valence electrons. The van der Waals surface area contributed by atoms with Gasteiger partial charge in [0.05, 0.1) is 0 Å². The molecule has 0 saturated heterocycles. The van der Waals surface area contributed by atoms with Crippen LogP contribution in [-0.4, -0.2) is 11.6 Å². The first-order valence-electron chi connectivity index (χ1n) is 10.2. The van der Waals surface area contributed by atoms with Gasteiger partial charge < -0.3 is 0 Å². The fourth-order valence-corrected chi connectivity index (χ4v) is 4.62. The number of carbonyl (C=O) groups is 2. The van der Waals surface area contributed by atoms with Crippen LogP contribution >= 0.6 is 15.9 Å². The summed E-state index contributed by atoms with van der Waals surface area (Å²) in [7, 11) is 0. The summed E-state index contributed by atoms with van der Waals surface area (Å²) in [4.78, 5) is 25.3. The lowest BCUT2D eigenvalue weighted by atomic mass is 9.99. The smallest absolute Gasteiger partial charge is 0.166 e. The molecule has 4 atom stereocenters. The second-order valence-electron chi connectivity index (χ2n) is 8.31. The average Bonchev–Trinajstić information content (AvgIpc) is 3.68. The molecule has 0 aliphatic heterocycles. The maximum atomic E-state index is 13.1. The predicted molar refractivity (Wildman–Crippen MR) is 117 cm³/mol. The summed E-state index contributed by atoms with van der Waals surface area (Å²) in [5, 5.41) is 0. The van der Waals surface area contributed by atoms with Gasteiger partial charge in [-0.05, 0) is 72.2 Å². The Morgan fingerprint density at radius 3 is 1.50 bits per heavy atom. The van der Waals surface area contributed by atoms with Crippen molar-refractivity contribution in [2.75, 3.05) is 0 Å². The highest BCUT2D eigenvalue weighted by molar-refractivity contribution is 9.10. The van der Waals surface area contributed by atoms with E-state index in [1.54, 1.807) is 12.1 Å². The van der Waals surface area contributed by atoms with Gasteiger partial charge in [-0.2, -0.15) is 0 Å². The average molecular weight is 463 g/mol. The molecule has 2 saturated carbocycles. The van der Waals surface area contributed by atoms with E-state index in [4.69, 9.17) is 0 Å². The van der Waals surface area contributed by atoms with E-state index in [0.29, 0.717) is 5.56 Å². The number of ketones is 2.